The third-order valence-corrected chi connectivity index (χ3v) is 5.67. The number of amides is 2. The highest BCUT2D eigenvalue weighted by atomic mass is 32.1. The summed E-state index contributed by atoms with van der Waals surface area (Å²) in [5, 5.41) is 5.75. The van der Waals surface area contributed by atoms with E-state index in [1.54, 1.807) is 11.0 Å². The predicted molar refractivity (Wildman–Crippen MR) is 108 cm³/mol. The monoisotopic (exact) mass is 426 g/mol. The van der Waals surface area contributed by atoms with Gasteiger partial charge in [0, 0.05) is 42.7 Å². The van der Waals surface area contributed by atoms with Crippen molar-refractivity contribution >= 4 is 23.1 Å². The van der Waals surface area contributed by atoms with Crippen LogP contribution < -0.4 is 10.2 Å². The predicted octanol–water partition coefficient (Wildman–Crippen LogP) is 4.49. The molecule has 1 aromatic heterocycles. The van der Waals surface area contributed by atoms with Crippen molar-refractivity contribution in [1.82, 2.24) is 15.2 Å². The first-order valence-electron chi connectivity index (χ1n) is 9.44. The van der Waals surface area contributed by atoms with Crippen LogP contribution in [0.25, 0.3) is 0 Å². The van der Waals surface area contributed by atoms with Crippen LogP contribution >= 0.6 is 11.3 Å². The molecule has 1 aliphatic heterocycles. The van der Waals surface area contributed by atoms with Crippen molar-refractivity contribution in [3.8, 4) is 0 Å². The Bertz CT molecular complexity index is 852. The van der Waals surface area contributed by atoms with Crippen molar-refractivity contribution in [2.75, 3.05) is 31.1 Å². The van der Waals surface area contributed by atoms with Gasteiger partial charge in [-0.3, -0.25) is 0 Å². The summed E-state index contributed by atoms with van der Waals surface area (Å²) in [6, 6.07) is 5.13. The first-order valence-corrected chi connectivity index (χ1v) is 10.3. The summed E-state index contributed by atoms with van der Waals surface area (Å²) in [5.41, 5.74) is 0.838. The molecule has 1 saturated heterocycles. The average molecular weight is 427 g/mol. The molecule has 158 valence electrons. The summed E-state index contributed by atoms with van der Waals surface area (Å²) in [7, 11) is 0. The normalized spacial score (nSPS) is 15.5. The van der Waals surface area contributed by atoms with Crippen LogP contribution in [-0.2, 0) is 18.1 Å². The second-order valence-corrected chi connectivity index (χ2v) is 9.00. The van der Waals surface area contributed by atoms with Gasteiger partial charge in [0.2, 0.25) is 0 Å². The zero-order valence-corrected chi connectivity index (χ0v) is 17.5. The molecular weight excluding hydrogens is 401 g/mol. The lowest BCUT2D eigenvalue weighted by atomic mass is 9.93. The lowest BCUT2D eigenvalue weighted by Crippen LogP contribution is -2.51. The number of anilines is 1. The molecule has 2 aromatic rings. The topological polar surface area (TPSA) is 48.5 Å². The minimum atomic E-state index is -4.36. The van der Waals surface area contributed by atoms with Crippen LogP contribution in [0.2, 0.25) is 0 Å². The molecule has 3 rings (SSSR count). The molecule has 1 N–H and O–H groups in total. The van der Waals surface area contributed by atoms with Gasteiger partial charge in [0.1, 0.15) is 5.01 Å². The van der Waals surface area contributed by atoms with Crippen molar-refractivity contribution in [1.29, 1.82) is 0 Å². The van der Waals surface area contributed by atoms with Crippen molar-refractivity contribution in [3.05, 3.63) is 45.9 Å². The number of aromatic nitrogens is 1. The van der Waals surface area contributed by atoms with Gasteiger partial charge in [0.15, 0.2) is 0 Å². The van der Waals surface area contributed by atoms with Crippen molar-refractivity contribution < 1.29 is 18.0 Å². The summed E-state index contributed by atoms with van der Waals surface area (Å²) in [6.45, 7) is 8.52. The zero-order chi connectivity index (χ0) is 21.2. The largest absolute Gasteiger partial charge is 0.416 e. The number of carbonyl (C=O) groups is 1. The molecule has 29 heavy (non-hydrogen) atoms. The molecule has 0 atom stereocenters. The Hall–Kier alpha value is -2.29. The number of nitrogens with zero attached hydrogens (tertiary/aromatic N) is 3. The molecule has 2 heterocycles. The summed E-state index contributed by atoms with van der Waals surface area (Å²) in [4.78, 5) is 20.5. The van der Waals surface area contributed by atoms with E-state index in [1.165, 1.54) is 17.4 Å². The smallest absolute Gasteiger partial charge is 0.368 e. The van der Waals surface area contributed by atoms with Crippen LogP contribution in [0.3, 0.4) is 0 Å². The molecule has 1 fully saturated rings. The van der Waals surface area contributed by atoms with Crippen LogP contribution in [0, 0.1) is 0 Å². The van der Waals surface area contributed by atoms with E-state index in [0.29, 0.717) is 38.4 Å². The first kappa shape index (κ1) is 21.4. The van der Waals surface area contributed by atoms with E-state index in [4.69, 9.17) is 0 Å². The van der Waals surface area contributed by atoms with Crippen LogP contribution in [0.4, 0.5) is 23.7 Å². The van der Waals surface area contributed by atoms with E-state index in [9.17, 15) is 18.0 Å². The van der Waals surface area contributed by atoms with Gasteiger partial charge < -0.3 is 15.1 Å². The Morgan fingerprint density at radius 3 is 2.45 bits per heavy atom. The lowest BCUT2D eigenvalue weighted by molar-refractivity contribution is -0.137. The minimum Gasteiger partial charge on any atom is -0.368 e. The number of halogens is 3. The van der Waals surface area contributed by atoms with Gasteiger partial charge in [0.05, 0.1) is 17.8 Å². The number of rotatable bonds is 3. The average Bonchev–Trinajstić information content (AvgIpc) is 3.15. The van der Waals surface area contributed by atoms with Crippen LogP contribution in [0.5, 0.6) is 0 Å². The van der Waals surface area contributed by atoms with E-state index >= 15 is 0 Å². The number of hydrogen-bond acceptors (Lipinski definition) is 4. The highest BCUT2D eigenvalue weighted by Gasteiger charge is 2.31. The lowest BCUT2D eigenvalue weighted by Gasteiger charge is -2.36. The zero-order valence-electron chi connectivity index (χ0n) is 16.7. The first-order chi connectivity index (χ1) is 13.5. The third kappa shape index (κ3) is 5.41. The highest BCUT2D eigenvalue weighted by molar-refractivity contribution is 7.09. The molecule has 0 aliphatic carbocycles. The van der Waals surface area contributed by atoms with E-state index in [0.717, 1.165) is 22.8 Å². The maximum Gasteiger partial charge on any atom is 0.416 e. The number of benzene rings is 1. The molecule has 1 aromatic carbocycles. The maximum absolute atomic E-state index is 12.9. The third-order valence-electron chi connectivity index (χ3n) is 4.82. The molecule has 0 radical (unpaired) electrons. The van der Waals surface area contributed by atoms with Crippen LogP contribution in [0.15, 0.2) is 29.6 Å². The maximum atomic E-state index is 12.9. The Balaban J connectivity index is 1.51. The van der Waals surface area contributed by atoms with Gasteiger partial charge in [-0.2, -0.15) is 13.2 Å². The molecule has 5 nitrogen and oxygen atoms in total. The number of piperazine rings is 1. The Morgan fingerprint density at radius 1 is 1.17 bits per heavy atom. The second-order valence-electron chi connectivity index (χ2n) is 8.06. The second kappa shape index (κ2) is 8.22. The molecule has 0 unspecified atom stereocenters. The number of thiazole rings is 1. The molecule has 0 saturated carbocycles. The Kier molecular flexibility index (Phi) is 6.07. The quantitative estimate of drug-likeness (QED) is 0.787. The molecule has 0 spiro atoms. The molecule has 1 aliphatic rings. The number of urea groups is 1. The van der Waals surface area contributed by atoms with E-state index in [-0.39, 0.29) is 11.4 Å². The van der Waals surface area contributed by atoms with E-state index in [2.05, 4.69) is 31.1 Å². The van der Waals surface area contributed by atoms with Crippen LogP contribution in [-0.4, -0.2) is 42.1 Å². The molecule has 2 amide bonds. The van der Waals surface area contributed by atoms with Gasteiger partial charge in [0.25, 0.3) is 0 Å². The molecule has 0 bridgehead atoms. The number of hydrogen-bond donors (Lipinski definition) is 1. The van der Waals surface area contributed by atoms with Gasteiger partial charge in [-0.1, -0.05) is 26.8 Å². The van der Waals surface area contributed by atoms with Gasteiger partial charge in [-0.15, -0.1) is 11.3 Å². The summed E-state index contributed by atoms with van der Waals surface area (Å²) in [5.74, 6) is 0. The van der Waals surface area contributed by atoms with Gasteiger partial charge >= 0.3 is 12.2 Å². The van der Waals surface area contributed by atoms with E-state index in [1.807, 2.05) is 10.3 Å². The van der Waals surface area contributed by atoms with Gasteiger partial charge in [-0.05, 0) is 18.2 Å². The van der Waals surface area contributed by atoms with Crippen molar-refractivity contribution in [2.24, 2.45) is 0 Å². The molecular formula is C20H25F3N4OS. The van der Waals surface area contributed by atoms with Crippen molar-refractivity contribution in [2.45, 2.75) is 38.9 Å². The standard InChI is InChI=1S/C20H25F3N4OS/c1-19(2,3)16-13-29-17(25-16)12-24-18(28)27-9-7-26(8-10-27)15-6-4-5-14(11-15)20(21,22)23/h4-6,11,13H,7-10,12H2,1-3H3,(H,24,28). The summed E-state index contributed by atoms with van der Waals surface area (Å²) < 4.78 is 38.7. The Morgan fingerprint density at radius 2 is 1.86 bits per heavy atom. The van der Waals surface area contributed by atoms with Crippen molar-refractivity contribution in [3.63, 3.8) is 0 Å². The number of alkyl halides is 3. The minimum absolute atomic E-state index is 0.0293. The fourth-order valence-electron chi connectivity index (χ4n) is 3.05. The fourth-order valence-corrected chi connectivity index (χ4v) is 4.01. The SMILES string of the molecule is CC(C)(C)c1csc(CNC(=O)N2CCN(c3cccc(C(F)(F)F)c3)CC2)n1. The summed E-state index contributed by atoms with van der Waals surface area (Å²) >= 11 is 1.52. The van der Waals surface area contributed by atoms with E-state index < -0.39 is 11.7 Å². The number of carbonyl (C=O) groups excluding carboxylic acids is 1. The summed E-state index contributed by atoms with van der Waals surface area (Å²) in [6.07, 6.45) is -4.36. The van der Waals surface area contributed by atoms with Crippen LogP contribution in [0.1, 0.15) is 37.0 Å². The Labute approximate surface area is 172 Å². The fraction of sp³-hybridized carbons (Fsp3) is 0.500. The number of nitrogens with one attached hydrogen (secondary N) is 1. The molecule has 9 heteroatoms. The van der Waals surface area contributed by atoms with Gasteiger partial charge in [-0.25, -0.2) is 9.78 Å². The highest BCUT2D eigenvalue weighted by Crippen LogP contribution is 2.32.